The Balaban J connectivity index is 1.68. The summed E-state index contributed by atoms with van der Waals surface area (Å²) in [4.78, 5) is 52.1. The van der Waals surface area contributed by atoms with Crippen molar-refractivity contribution in [3.8, 4) is 0 Å². The molecular formula is C14H15N5O6S2. The quantitative estimate of drug-likeness (QED) is 0.387. The average molecular weight is 413 g/mol. The third kappa shape index (κ3) is 3.88. The zero-order valence-electron chi connectivity index (χ0n) is 14.0. The van der Waals surface area contributed by atoms with E-state index in [1.165, 1.54) is 18.7 Å². The predicted octanol–water partition coefficient (Wildman–Crippen LogP) is -1.04. The van der Waals surface area contributed by atoms with E-state index in [4.69, 9.17) is 10.5 Å². The lowest BCUT2D eigenvalue weighted by Crippen LogP contribution is -2.70. The minimum atomic E-state index is -1.29. The van der Waals surface area contributed by atoms with Gasteiger partial charge >= 0.3 is 11.9 Å². The second kappa shape index (κ2) is 7.52. The van der Waals surface area contributed by atoms with E-state index < -0.39 is 35.2 Å². The summed E-state index contributed by atoms with van der Waals surface area (Å²) in [7, 11) is 0. The number of nitrogen functional groups attached to an aromatic ring is 1. The highest BCUT2D eigenvalue weighted by atomic mass is 32.2. The number of amides is 2. The van der Waals surface area contributed by atoms with Crippen LogP contribution in [0.3, 0.4) is 0 Å². The Morgan fingerprint density at radius 1 is 1.44 bits per heavy atom. The normalized spacial score (nSPS) is 21.4. The highest BCUT2D eigenvalue weighted by Gasteiger charge is 2.54. The Kier molecular flexibility index (Phi) is 5.32. The van der Waals surface area contributed by atoms with Crippen LogP contribution in [0.15, 0.2) is 11.3 Å². The summed E-state index contributed by atoms with van der Waals surface area (Å²) in [5, 5.41) is 11.7. The second-order valence-electron chi connectivity index (χ2n) is 5.72. The maximum absolute atomic E-state index is 12.4. The van der Waals surface area contributed by atoms with Gasteiger partial charge in [0.1, 0.15) is 23.7 Å². The van der Waals surface area contributed by atoms with Crippen molar-refractivity contribution in [3.63, 3.8) is 0 Å². The number of fused-ring (bicyclic) bond motifs is 1. The number of carboxylic acids is 1. The smallest absolute Gasteiger partial charge is 0.352 e. The van der Waals surface area contributed by atoms with Crippen LogP contribution in [0.2, 0.25) is 0 Å². The van der Waals surface area contributed by atoms with Crippen molar-refractivity contribution in [3.05, 3.63) is 17.1 Å². The number of thioether (sulfide) groups is 1. The van der Waals surface area contributed by atoms with E-state index in [0.717, 1.165) is 16.4 Å². The van der Waals surface area contributed by atoms with Crippen LogP contribution in [-0.2, 0) is 30.3 Å². The summed E-state index contributed by atoms with van der Waals surface area (Å²) in [6.07, 6.45) is -0.131. The van der Waals surface area contributed by atoms with Crippen LogP contribution >= 0.6 is 23.3 Å². The van der Waals surface area contributed by atoms with E-state index in [0.29, 0.717) is 5.57 Å². The number of hydrogen-bond donors (Lipinski definition) is 3. The maximum Gasteiger partial charge on any atom is 0.352 e. The lowest BCUT2D eigenvalue weighted by molar-refractivity contribution is -0.151. The fraction of sp³-hybridized carbons (Fsp3) is 0.429. The number of β-lactam (4-membered cyclic amide) rings is 1. The van der Waals surface area contributed by atoms with Crippen LogP contribution in [0, 0.1) is 0 Å². The lowest BCUT2D eigenvalue weighted by Gasteiger charge is -2.49. The minimum absolute atomic E-state index is 0.131. The predicted molar refractivity (Wildman–Crippen MR) is 94.3 cm³/mol. The molecule has 2 amide bonds. The Labute approximate surface area is 161 Å². The van der Waals surface area contributed by atoms with Crippen LogP contribution < -0.4 is 11.1 Å². The number of esters is 1. The molecule has 2 atom stereocenters. The van der Waals surface area contributed by atoms with E-state index >= 15 is 0 Å². The van der Waals surface area contributed by atoms with Gasteiger partial charge in [0.05, 0.1) is 6.42 Å². The van der Waals surface area contributed by atoms with Crippen molar-refractivity contribution < 1.29 is 29.0 Å². The molecular weight excluding hydrogens is 398 g/mol. The number of aliphatic carboxylic acids is 1. The van der Waals surface area contributed by atoms with E-state index in [-0.39, 0.29) is 35.4 Å². The number of nitrogens with one attached hydrogen (secondary N) is 1. The van der Waals surface area contributed by atoms with Gasteiger partial charge in [-0.15, -0.1) is 11.8 Å². The Hall–Kier alpha value is -2.67. The van der Waals surface area contributed by atoms with Crippen LogP contribution in [-0.4, -0.2) is 66.9 Å². The van der Waals surface area contributed by atoms with Gasteiger partial charge < -0.3 is 20.9 Å². The number of anilines is 1. The van der Waals surface area contributed by atoms with Crippen LogP contribution in [0.1, 0.15) is 12.7 Å². The number of ether oxygens (including phenoxy) is 1. The minimum Gasteiger partial charge on any atom is -0.477 e. The maximum atomic E-state index is 12.4. The van der Waals surface area contributed by atoms with Gasteiger partial charge in [-0.2, -0.15) is 4.37 Å². The molecule has 3 heterocycles. The number of nitrogens with zero attached hydrogens (tertiary/aromatic N) is 3. The molecule has 1 aromatic heterocycles. The van der Waals surface area contributed by atoms with Crippen molar-refractivity contribution in [2.45, 2.75) is 24.8 Å². The molecule has 0 aromatic carbocycles. The number of rotatable bonds is 6. The highest BCUT2D eigenvalue weighted by molar-refractivity contribution is 8.00. The molecule has 13 heteroatoms. The van der Waals surface area contributed by atoms with Crippen molar-refractivity contribution in [1.29, 1.82) is 0 Å². The molecule has 4 N–H and O–H groups in total. The molecule has 1 fully saturated rings. The van der Waals surface area contributed by atoms with E-state index in [1.54, 1.807) is 0 Å². The summed E-state index contributed by atoms with van der Waals surface area (Å²) < 4.78 is 8.76. The van der Waals surface area contributed by atoms with Gasteiger partial charge in [-0.05, 0) is 0 Å². The Morgan fingerprint density at radius 3 is 2.78 bits per heavy atom. The molecule has 0 bridgehead atoms. The molecule has 2 aliphatic rings. The molecule has 1 aromatic rings. The van der Waals surface area contributed by atoms with E-state index in [2.05, 4.69) is 14.7 Å². The molecule has 0 radical (unpaired) electrons. The van der Waals surface area contributed by atoms with Gasteiger partial charge in [-0.25, -0.2) is 9.78 Å². The van der Waals surface area contributed by atoms with Gasteiger partial charge in [-0.1, -0.05) is 0 Å². The zero-order valence-corrected chi connectivity index (χ0v) is 15.6. The Morgan fingerprint density at radius 2 is 2.19 bits per heavy atom. The van der Waals surface area contributed by atoms with Crippen molar-refractivity contribution in [2.24, 2.45) is 0 Å². The summed E-state index contributed by atoms with van der Waals surface area (Å²) in [5.74, 6) is -2.31. The van der Waals surface area contributed by atoms with Gasteiger partial charge in [-0.3, -0.25) is 19.3 Å². The van der Waals surface area contributed by atoms with Crippen LogP contribution in [0.4, 0.5) is 5.13 Å². The Bertz CT molecular complexity index is 853. The van der Waals surface area contributed by atoms with Crippen LogP contribution in [0.5, 0.6) is 0 Å². The first kappa shape index (κ1) is 19.1. The third-order valence-electron chi connectivity index (χ3n) is 3.82. The number of carbonyl (C=O) groups is 4. The molecule has 1 saturated heterocycles. The summed E-state index contributed by atoms with van der Waals surface area (Å²) >= 11 is 2.25. The molecule has 27 heavy (non-hydrogen) atoms. The number of aromatic nitrogens is 2. The summed E-state index contributed by atoms with van der Waals surface area (Å²) in [5.41, 5.74) is 5.59. The number of nitrogens with two attached hydrogens (primary N) is 1. The van der Waals surface area contributed by atoms with E-state index in [9.17, 15) is 24.3 Å². The second-order valence-corrected chi connectivity index (χ2v) is 7.61. The van der Waals surface area contributed by atoms with Crippen molar-refractivity contribution in [1.82, 2.24) is 19.6 Å². The molecule has 0 unspecified atom stereocenters. The zero-order chi connectivity index (χ0) is 19.7. The van der Waals surface area contributed by atoms with Gasteiger partial charge in [0.2, 0.25) is 5.91 Å². The summed E-state index contributed by atoms with van der Waals surface area (Å²) in [6, 6.07) is -0.844. The molecule has 0 saturated carbocycles. The molecule has 3 rings (SSSR count). The topological polar surface area (TPSA) is 165 Å². The number of carbonyl (C=O) groups excluding carboxylic acids is 3. The first-order valence-electron chi connectivity index (χ1n) is 7.68. The monoisotopic (exact) mass is 413 g/mol. The number of carboxylic acid groups (broad SMARTS) is 1. The summed E-state index contributed by atoms with van der Waals surface area (Å²) in [6.45, 7) is 1.01. The third-order valence-corrected chi connectivity index (χ3v) is 5.74. The van der Waals surface area contributed by atoms with Crippen molar-refractivity contribution >= 4 is 52.2 Å². The molecule has 11 nitrogen and oxygen atoms in total. The van der Waals surface area contributed by atoms with Gasteiger partial charge in [0.25, 0.3) is 5.91 Å². The fourth-order valence-corrected chi connectivity index (χ4v) is 4.47. The molecule has 0 spiro atoms. The van der Waals surface area contributed by atoms with Gasteiger partial charge in [0.15, 0.2) is 11.0 Å². The van der Waals surface area contributed by atoms with Gasteiger partial charge in [0, 0.05) is 29.8 Å². The molecule has 144 valence electrons. The average Bonchev–Trinajstić information content (AvgIpc) is 3.01. The number of hydrogen-bond acceptors (Lipinski definition) is 10. The molecule has 2 aliphatic heterocycles. The molecule has 0 aliphatic carbocycles. The highest BCUT2D eigenvalue weighted by Crippen LogP contribution is 2.40. The SMILES string of the molecule is CC(=O)OCC1=C(C(=O)O)N2C(=O)[C@@H](NC(=O)Cc3nsc(N)n3)[C@H]2SC1. The first-order valence-corrected chi connectivity index (χ1v) is 9.51. The standard InChI is InChI=1S/C14H15N5O6S2/c1-5(20)25-3-6-4-26-12-9(11(22)19(12)10(6)13(23)24)17-8(21)2-7-16-14(15)27-18-7/h9,12H,2-4H2,1H3,(H,17,21)(H,23,24)(H2,15,16,18)/t9-,12-/m1/s1. The lowest BCUT2D eigenvalue weighted by atomic mass is 10.0. The fourth-order valence-electron chi connectivity index (χ4n) is 2.69. The van der Waals surface area contributed by atoms with Crippen molar-refractivity contribution in [2.75, 3.05) is 18.1 Å². The largest absolute Gasteiger partial charge is 0.477 e. The van der Waals surface area contributed by atoms with Crippen LogP contribution in [0.25, 0.3) is 0 Å². The van der Waals surface area contributed by atoms with E-state index in [1.807, 2.05) is 0 Å². The first-order chi connectivity index (χ1) is 12.8.